The number of nitrogens with one attached hydrogen (secondary N) is 2. The lowest BCUT2D eigenvalue weighted by Gasteiger charge is -2.08. The zero-order valence-corrected chi connectivity index (χ0v) is 19.1. The molecule has 0 spiro atoms. The summed E-state index contributed by atoms with van der Waals surface area (Å²) in [5, 5.41) is 5.59. The van der Waals surface area contributed by atoms with Crippen LogP contribution in [-0.2, 0) is 18.3 Å². The first-order chi connectivity index (χ1) is 16.4. The van der Waals surface area contributed by atoms with Crippen LogP contribution in [0.2, 0.25) is 0 Å². The molecule has 4 rings (SSSR count). The van der Waals surface area contributed by atoms with Crippen molar-refractivity contribution in [3.63, 3.8) is 0 Å². The van der Waals surface area contributed by atoms with Crippen LogP contribution in [0.5, 0.6) is 0 Å². The van der Waals surface area contributed by atoms with E-state index in [1.165, 1.54) is 4.68 Å². The van der Waals surface area contributed by atoms with E-state index >= 15 is 0 Å². The van der Waals surface area contributed by atoms with Gasteiger partial charge in [0.05, 0.1) is 11.4 Å². The maximum absolute atomic E-state index is 13.0. The van der Waals surface area contributed by atoms with Gasteiger partial charge < -0.3 is 10.6 Å². The standard InChI is InChI=1S/C27H26N4O3/c1-19-25(27(34)31(30(19)2)23-14-7-4-8-15-23)29-26(33)21-12-9-13-22(18-21)28-24(32)17-16-20-10-5-3-6-11-20/h3-15,18H,16-17H2,1-2H3,(H,28,32)(H,29,33). The number of carbonyl (C=O) groups excluding carboxylic acids is 2. The quantitative estimate of drug-likeness (QED) is 0.436. The van der Waals surface area contributed by atoms with Crippen LogP contribution in [0.4, 0.5) is 11.4 Å². The number of amides is 2. The van der Waals surface area contributed by atoms with E-state index < -0.39 is 5.91 Å². The Bertz CT molecular complexity index is 1370. The second-order valence-electron chi connectivity index (χ2n) is 8.01. The molecular formula is C27H26N4O3. The molecule has 172 valence electrons. The number of anilines is 2. The lowest BCUT2D eigenvalue weighted by atomic mass is 10.1. The number of carbonyl (C=O) groups is 2. The van der Waals surface area contributed by atoms with Gasteiger partial charge in [0.2, 0.25) is 5.91 Å². The number of hydrogen-bond acceptors (Lipinski definition) is 3. The summed E-state index contributed by atoms with van der Waals surface area (Å²) in [5.74, 6) is -0.558. The SMILES string of the molecule is Cc1c(NC(=O)c2cccc(NC(=O)CCc3ccccc3)c2)c(=O)n(-c2ccccc2)n1C. The monoisotopic (exact) mass is 454 g/mol. The van der Waals surface area contributed by atoms with Crippen molar-refractivity contribution < 1.29 is 9.59 Å². The highest BCUT2D eigenvalue weighted by molar-refractivity contribution is 6.05. The van der Waals surface area contributed by atoms with Gasteiger partial charge in [0.25, 0.3) is 11.5 Å². The second-order valence-corrected chi connectivity index (χ2v) is 8.01. The van der Waals surface area contributed by atoms with E-state index in [4.69, 9.17) is 0 Å². The minimum atomic E-state index is -0.425. The maximum atomic E-state index is 13.0. The zero-order valence-electron chi connectivity index (χ0n) is 19.1. The Morgan fingerprint density at radius 3 is 2.24 bits per heavy atom. The molecule has 7 heteroatoms. The Morgan fingerprint density at radius 2 is 1.53 bits per heavy atom. The Hall–Kier alpha value is -4.39. The highest BCUT2D eigenvalue weighted by atomic mass is 16.2. The summed E-state index contributed by atoms with van der Waals surface area (Å²) in [6.45, 7) is 1.78. The number of nitrogens with zero attached hydrogens (tertiary/aromatic N) is 2. The molecule has 2 amide bonds. The second kappa shape index (κ2) is 10.0. The number of hydrogen-bond donors (Lipinski definition) is 2. The molecule has 0 saturated carbocycles. The summed E-state index contributed by atoms with van der Waals surface area (Å²) < 4.78 is 3.21. The van der Waals surface area contributed by atoms with Crippen molar-refractivity contribution in [1.82, 2.24) is 9.36 Å². The van der Waals surface area contributed by atoms with Gasteiger partial charge in [0, 0.05) is 24.7 Å². The first kappa shape index (κ1) is 22.8. The third kappa shape index (κ3) is 4.99. The van der Waals surface area contributed by atoms with Crippen LogP contribution in [0, 0.1) is 6.92 Å². The van der Waals surface area contributed by atoms with Gasteiger partial charge in [-0.2, -0.15) is 0 Å². The average molecular weight is 455 g/mol. The summed E-state index contributed by atoms with van der Waals surface area (Å²) in [7, 11) is 1.77. The van der Waals surface area contributed by atoms with Gasteiger partial charge in [0.1, 0.15) is 5.69 Å². The van der Waals surface area contributed by atoms with Gasteiger partial charge in [-0.15, -0.1) is 0 Å². The maximum Gasteiger partial charge on any atom is 0.295 e. The predicted octanol–water partition coefficient (Wildman–Crippen LogP) is 4.31. The molecule has 0 aliphatic rings. The fraction of sp³-hybridized carbons (Fsp3) is 0.148. The zero-order chi connectivity index (χ0) is 24.1. The van der Waals surface area contributed by atoms with Crippen molar-refractivity contribution in [2.45, 2.75) is 19.8 Å². The summed E-state index contributed by atoms with van der Waals surface area (Å²) in [5.41, 5.74) is 3.20. The van der Waals surface area contributed by atoms with Crippen LogP contribution < -0.4 is 16.2 Å². The molecule has 0 aliphatic heterocycles. The Balaban J connectivity index is 1.47. The van der Waals surface area contributed by atoms with E-state index in [1.807, 2.05) is 60.7 Å². The normalized spacial score (nSPS) is 10.6. The molecule has 0 bridgehead atoms. The number of aryl methyl sites for hydroxylation is 1. The fourth-order valence-electron chi connectivity index (χ4n) is 3.76. The first-order valence-electron chi connectivity index (χ1n) is 11.0. The van der Waals surface area contributed by atoms with Gasteiger partial charge in [0.15, 0.2) is 0 Å². The molecule has 2 N–H and O–H groups in total. The van der Waals surface area contributed by atoms with Crippen molar-refractivity contribution in [2.75, 3.05) is 10.6 Å². The summed E-state index contributed by atoms with van der Waals surface area (Å²) in [4.78, 5) is 38.4. The van der Waals surface area contributed by atoms with E-state index in [0.29, 0.717) is 35.5 Å². The van der Waals surface area contributed by atoms with E-state index in [-0.39, 0.29) is 17.2 Å². The van der Waals surface area contributed by atoms with E-state index in [9.17, 15) is 14.4 Å². The van der Waals surface area contributed by atoms with Crippen molar-refractivity contribution in [3.05, 3.63) is 112 Å². The van der Waals surface area contributed by atoms with Gasteiger partial charge in [-0.3, -0.25) is 19.1 Å². The highest BCUT2D eigenvalue weighted by Gasteiger charge is 2.19. The highest BCUT2D eigenvalue weighted by Crippen LogP contribution is 2.17. The fourth-order valence-corrected chi connectivity index (χ4v) is 3.76. The third-order valence-electron chi connectivity index (χ3n) is 5.68. The average Bonchev–Trinajstić information content (AvgIpc) is 3.07. The Kier molecular flexibility index (Phi) is 6.73. The smallest absolute Gasteiger partial charge is 0.295 e. The van der Waals surface area contributed by atoms with Crippen LogP contribution in [0.15, 0.2) is 89.7 Å². The minimum absolute atomic E-state index is 0.133. The van der Waals surface area contributed by atoms with Crippen LogP contribution in [-0.4, -0.2) is 21.2 Å². The molecule has 0 unspecified atom stereocenters. The van der Waals surface area contributed by atoms with E-state index in [2.05, 4.69) is 10.6 Å². The van der Waals surface area contributed by atoms with Crippen LogP contribution >= 0.6 is 0 Å². The summed E-state index contributed by atoms with van der Waals surface area (Å²) >= 11 is 0. The van der Waals surface area contributed by atoms with E-state index in [1.54, 1.807) is 42.9 Å². The molecule has 0 aliphatic carbocycles. The van der Waals surface area contributed by atoms with Gasteiger partial charge in [-0.25, -0.2) is 4.68 Å². The predicted molar refractivity (Wildman–Crippen MR) is 134 cm³/mol. The largest absolute Gasteiger partial charge is 0.326 e. The van der Waals surface area contributed by atoms with Crippen molar-refractivity contribution in [3.8, 4) is 5.69 Å². The Morgan fingerprint density at radius 1 is 0.853 bits per heavy atom. The molecule has 0 fully saturated rings. The van der Waals surface area contributed by atoms with Gasteiger partial charge in [-0.1, -0.05) is 54.6 Å². The molecule has 0 radical (unpaired) electrons. The van der Waals surface area contributed by atoms with Crippen molar-refractivity contribution in [2.24, 2.45) is 7.05 Å². The van der Waals surface area contributed by atoms with Crippen molar-refractivity contribution >= 4 is 23.2 Å². The summed E-state index contributed by atoms with van der Waals surface area (Å²) in [6, 6.07) is 25.7. The Labute approximate surface area is 197 Å². The summed E-state index contributed by atoms with van der Waals surface area (Å²) in [6.07, 6.45) is 0.969. The van der Waals surface area contributed by atoms with Crippen LogP contribution in [0.3, 0.4) is 0 Å². The van der Waals surface area contributed by atoms with Crippen LogP contribution in [0.25, 0.3) is 5.69 Å². The lowest BCUT2D eigenvalue weighted by molar-refractivity contribution is -0.116. The molecule has 1 heterocycles. The number of para-hydroxylation sites is 1. The minimum Gasteiger partial charge on any atom is -0.326 e. The number of aromatic nitrogens is 2. The third-order valence-corrected chi connectivity index (χ3v) is 5.68. The first-order valence-corrected chi connectivity index (χ1v) is 11.0. The molecular weight excluding hydrogens is 428 g/mol. The molecule has 34 heavy (non-hydrogen) atoms. The molecule has 0 saturated heterocycles. The number of rotatable bonds is 7. The topological polar surface area (TPSA) is 85.1 Å². The van der Waals surface area contributed by atoms with E-state index in [0.717, 1.165) is 5.56 Å². The molecule has 3 aromatic carbocycles. The van der Waals surface area contributed by atoms with Gasteiger partial charge in [-0.05, 0) is 49.2 Å². The molecule has 4 aromatic rings. The van der Waals surface area contributed by atoms with Gasteiger partial charge >= 0.3 is 0 Å². The lowest BCUT2D eigenvalue weighted by Crippen LogP contribution is -2.23. The van der Waals surface area contributed by atoms with Crippen molar-refractivity contribution in [1.29, 1.82) is 0 Å². The van der Waals surface area contributed by atoms with Crippen LogP contribution in [0.1, 0.15) is 28.0 Å². The number of benzene rings is 3. The molecule has 7 nitrogen and oxygen atoms in total. The molecule has 0 atom stereocenters. The molecule has 1 aromatic heterocycles.